The van der Waals surface area contributed by atoms with E-state index >= 15 is 0 Å². The maximum absolute atomic E-state index is 10.00. The van der Waals surface area contributed by atoms with Crippen LogP contribution in [-0.2, 0) is 14.2 Å². The van der Waals surface area contributed by atoms with Crippen LogP contribution in [0.15, 0.2) is 0 Å². The van der Waals surface area contributed by atoms with Gasteiger partial charge in [0.15, 0.2) is 6.29 Å². The molecule has 0 aliphatic carbocycles. The molecular formula is C12H22O11. The summed E-state index contributed by atoms with van der Waals surface area (Å²) in [4.78, 5) is 0. The van der Waals surface area contributed by atoms with Crippen LogP contribution in [0.1, 0.15) is 0 Å². The Labute approximate surface area is 130 Å². The van der Waals surface area contributed by atoms with Crippen LogP contribution in [-0.4, -0.2) is 115 Å². The Bertz CT molecular complexity index is 393. The van der Waals surface area contributed by atoms with E-state index in [0.29, 0.717) is 0 Å². The van der Waals surface area contributed by atoms with Crippen molar-refractivity contribution in [2.24, 2.45) is 0 Å². The molecule has 0 amide bonds. The van der Waals surface area contributed by atoms with Gasteiger partial charge in [-0.3, -0.25) is 0 Å². The van der Waals surface area contributed by atoms with Crippen molar-refractivity contribution < 1.29 is 55.1 Å². The second-order valence-corrected chi connectivity index (χ2v) is 5.56. The molecule has 0 saturated carbocycles. The van der Waals surface area contributed by atoms with Gasteiger partial charge in [-0.2, -0.15) is 0 Å². The maximum Gasteiger partial charge on any atom is 0.224 e. The molecular weight excluding hydrogens is 320 g/mol. The summed E-state index contributed by atoms with van der Waals surface area (Å²) in [5, 5.41) is 76.7. The number of hydrogen-bond donors (Lipinski definition) is 8. The van der Waals surface area contributed by atoms with Crippen molar-refractivity contribution in [3.05, 3.63) is 0 Å². The molecule has 136 valence electrons. The second-order valence-electron chi connectivity index (χ2n) is 5.56. The van der Waals surface area contributed by atoms with Crippen molar-refractivity contribution in [3.8, 4) is 0 Å². The number of aliphatic hydroxyl groups is 8. The summed E-state index contributed by atoms with van der Waals surface area (Å²) in [6.45, 7) is -2.32. The largest absolute Gasteiger partial charge is 0.394 e. The zero-order valence-electron chi connectivity index (χ0n) is 12.0. The van der Waals surface area contributed by atoms with Gasteiger partial charge in [-0.1, -0.05) is 0 Å². The molecule has 0 aromatic heterocycles. The molecule has 2 heterocycles. The molecule has 0 aromatic carbocycles. The van der Waals surface area contributed by atoms with E-state index in [-0.39, 0.29) is 0 Å². The first-order chi connectivity index (χ1) is 10.8. The van der Waals surface area contributed by atoms with E-state index in [2.05, 4.69) is 0 Å². The van der Waals surface area contributed by atoms with Gasteiger partial charge in [-0.25, -0.2) is 0 Å². The van der Waals surface area contributed by atoms with E-state index < -0.39 is 74.6 Å². The average Bonchev–Trinajstić information content (AvgIpc) is 2.80. The van der Waals surface area contributed by atoms with Crippen molar-refractivity contribution in [2.45, 2.75) is 54.8 Å². The van der Waals surface area contributed by atoms with Gasteiger partial charge in [0, 0.05) is 0 Å². The maximum atomic E-state index is 10.00. The zero-order chi connectivity index (χ0) is 17.4. The summed E-state index contributed by atoms with van der Waals surface area (Å²) in [6.07, 6.45) is -12.7. The molecule has 11 nitrogen and oxygen atoms in total. The Morgan fingerprint density at radius 1 is 0.783 bits per heavy atom. The fourth-order valence-electron chi connectivity index (χ4n) is 2.63. The van der Waals surface area contributed by atoms with E-state index in [1.165, 1.54) is 0 Å². The van der Waals surface area contributed by atoms with Crippen LogP contribution in [0.25, 0.3) is 0 Å². The van der Waals surface area contributed by atoms with Gasteiger partial charge < -0.3 is 55.1 Å². The lowest BCUT2D eigenvalue weighted by Gasteiger charge is -2.43. The molecule has 0 aromatic rings. The number of aliphatic hydroxyl groups excluding tert-OH is 8. The van der Waals surface area contributed by atoms with Crippen LogP contribution in [0.5, 0.6) is 0 Å². The van der Waals surface area contributed by atoms with E-state index in [0.717, 1.165) is 0 Å². The smallest absolute Gasteiger partial charge is 0.224 e. The van der Waals surface area contributed by atoms with Crippen molar-refractivity contribution in [1.82, 2.24) is 0 Å². The summed E-state index contributed by atoms with van der Waals surface area (Å²) < 4.78 is 15.4. The minimum Gasteiger partial charge on any atom is -0.394 e. The molecule has 23 heavy (non-hydrogen) atoms. The highest BCUT2D eigenvalue weighted by Gasteiger charge is 2.58. The Morgan fingerprint density at radius 2 is 1.39 bits per heavy atom. The highest BCUT2D eigenvalue weighted by molar-refractivity contribution is 4.98. The molecule has 2 fully saturated rings. The molecule has 2 aliphatic heterocycles. The SMILES string of the molecule is OC[C@H]1O[C@](CO)(O[C@@H]2O[C@H](CO)[C@@H](O)[C@H](O)[C@H]2O)[C@@H](O)[C@@H]1O. The molecule has 0 unspecified atom stereocenters. The fourth-order valence-corrected chi connectivity index (χ4v) is 2.63. The highest BCUT2D eigenvalue weighted by Crippen LogP contribution is 2.35. The summed E-state index contributed by atoms with van der Waals surface area (Å²) >= 11 is 0. The second kappa shape index (κ2) is 7.21. The fraction of sp³-hybridized carbons (Fsp3) is 1.00. The van der Waals surface area contributed by atoms with Crippen LogP contribution in [0.2, 0.25) is 0 Å². The molecule has 8 N–H and O–H groups in total. The van der Waals surface area contributed by atoms with E-state index in [9.17, 15) is 30.6 Å². The highest BCUT2D eigenvalue weighted by atomic mass is 16.8. The lowest BCUT2D eigenvalue weighted by molar-refractivity contribution is -0.383. The Morgan fingerprint density at radius 3 is 1.87 bits per heavy atom. The topological polar surface area (TPSA) is 190 Å². The first kappa shape index (κ1) is 18.9. The van der Waals surface area contributed by atoms with Crippen LogP contribution >= 0.6 is 0 Å². The van der Waals surface area contributed by atoms with Crippen molar-refractivity contribution >= 4 is 0 Å². The van der Waals surface area contributed by atoms with Crippen molar-refractivity contribution in [1.29, 1.82) is 0 Å². The predicted octanol–water partition coefficient (Wildman–Crippen LogP) is -5.40. The third-order valence-corrected chi connectivity index (χ3v) is 4.07. The Kier molecular flexibility index (Phi) is 5.92. The van der Waals surface area contributed by atoms with Crippen LogP contribution in [0.3, 0.4) is 0 Å². The summed E-state index contributed by atoms with van der Waals surface area (Å²) in [5.41, 5.74) is 0. The van der Waals surface area contributed by atoms with Gasteiger partial charge in [-0.05, 0) is 0 Å². The quantitative estimate of drug-likeness (QED) is 0.238. The third kappa shape index (κ3) is 3.23. The molecule has 11 heteroatoms. The molecule has 0 bridgehead atoms. The first-order valence-electron chi connectivity index (χ1n) is 7.05. The standard InChI is InChI=1S/C12H22O11/c13-1-4-6(16)8(18)9(19)11(21-4)23-12(3-15)10(20)7(17)5(2-14)22-12/h4-11,13-20H,1-3H2/t4-,5-,6-,7-,8+,9-,10+,11+,12-/m1/s1. The van der Waals surface area contributed by atoms with Crippen LogP contribution in [0.4, 0.5) is 0 Å². The van der Waals surface area contributed by atoms with Gasteiger partial charge >= 0.3 is 0 Å². The molecule has 9 atom stereocenters. The molecule has 0 radical (unpaired) electrons. The summed E-state index contributed by atoms with van der Waals surface area (Å²) in [5.74, 6) is -2.22. The van der Waals surface area contributed by atoms with Crippen LogP contribution < -0.4 is 0 Å². The number of rotatable bonds is 5. The van der Waals surface area contributed by atoms with Gasteiger partial charge in [0.05, 0.1) is 13.2 Å². The minimum atomic E-state index is -2.22. The summed E-state index contributed by atoms with van der Waals surface area (Å²) in [6, 6.07) is 0. The normalized spacial score (nSPS) is 51.1. The molecule has 0 spiro atoms. The van der Waals surface area contributed by atoms with Gasteiger partial charge in [0.1, 0.15) is 49.3 Å². The minimum absolute atomic E-state index is 0.669. The van der Waals surface area contributed by atoms with Crippen molar-refractivity contribution in [2.75, 3.05) is 19.8 Å². The Hall–Kier alpha value is -0.440. The monoisotopic (exact) mass is 342 g/mol. The summed E-state index contributed by atoms with van der Waals surface area (Å²) in [7, 11) is 0. The molecule has 2 aliphatic rings. The molecule has 2 saturated heterocycles. The third-order valence-electron chi connectivity index (χ3n) is 4.07. The van der Waals surface area contributed by atoms with Gasteiger partial charge in [0.2, 0.25) is 5.79 Å². The first-order valence-corrected chi connectivity index (χ1v) is 7.05. The van der Waals surface area contributed by atoms with Crippen molar-refractivity contribution in [3.63, 3.8) is 0 Å². The van der Waals surface area contributed by atoms with E-state index in [1.54, 1.807) is 0 Å². The lowest BCUT2D eigenvalue weighted by Crippen LogP contribution is -2.62. The predicted molar refractivity (Wildman–Crippen MR) is 68.6 cm³/mol. The zero-order valence-corrected chi connectivity index (χ0v) is 12.0. The van der Waals surface area contributed by atoms with Crippen LogP contribution in [0, 0.1) is 0 Å². The van der Waals surface area contributed by atoms with E-state index in [1.807, 2.05) is 0 Å². The van der Waals surface area contributed by atoms with E-state index in [4.69, 9.17) is 24.4 Å². The lowest BCUT2D eigenvalue weighted by atomic mass is 9.99. The number of ether oxygens (including phenoxy) is 3. The average molecular weight is 342 g/mol. The Balaban J connectivity index is 2.18. The van der Waals surface area contributed by atoms with Gasteiger partial charge in [-0.15, -0.1) is 0 Å². The number of hydrogen-bond acceptors (Lipinski definition) is 11. The van der Waals surface area contributed by atoms with Gasteiger partial charge in [0.25, 0.3) is 0 Å². The molecule has 2 rings (SSSR count).